The largest absolute Gasteiger partial charge is 0.377 e. The molecule has 1 heterocycles. The number of nitrogens with zero attached hydrogens (tertiary/aromatic N) is 1. The van der Waals surface area contributed by atoms with E-state index in [2.05, 4.69) is 11.9 Å². The Labute approximate surface area is 115 Å². The first-order chi connectivity index (χ1) is 9.25. The molecule has 0 aliphatic carbocycles. The molecule has 1 atom stereocenters. The van der Waals surface area contributed by atoms with Crippen LogP contribution in [0.1, 0.15) is 36.0 Å². The molecular weight excluding hydrogens is 238 g/mol. The van der Waals surface area contributed by atoms with Crippen molar-refractivity contribution in [2.24, 2.45) is 0 Å². The van der Waals surface area contributed by atoms with Crippen LogP contribution in [0.5, 0.6) is 0 Å². The number of likely N-dealkylation sites (N-methyl/N-ethyl adjacent to an activating group) is 1. The molecule has 0 radical (unpaired) electrons. The van der Waals surface area contributed by atoms with Gasteiger partial charge in [-0.2, -0.15) is 0 Å². The average Bonchev–Trinajstić information content (AvgIpc) is 2.92. The first-order valence-corrected chi connectivity index (χ1v) is 7.14. The van der Waals surface area contributed by atoms with E-state index in [-0.39, 0.29) is 5.78 Å². The molecule has 1 aromatic rings. The second-order valence-electron chi connectivity index (χ2n) is 5.29. The molecule has 0 N–H and O–H groups in total. The molecule has 0 spiro atoms. The Hall–Kier alpha value is -1.19. The molecular formula is C16H23NO2. The van der Waals surface area contributed by atoms with Gasteiger partial charge in [0.15, 0.2) is 5.78 Å². The number of benzene rings is 1. The van der Waals surface area contributed by atoms with E-state index in [9.17, 15) is 4.79 Å². The number of rotatable bonds is 7. The predicted molar refractivity (Wildman–Crippen MR) is 76.5 cm³/mol. The number of Topliss-reactive ketones (excluding diaryl/α,β-unsaturated/α-hetero) is 1. The third kappa shape index (κ3) is 4.77. The van der Waals surface area contributed by atoms with Crippen molar-refractivity contribution in [2.75, 3.05) is 26.7 Å². The first kappa shape index (κ1) is 14.2. The summed E-state index contributed by atoms with van der Waals surface area (Å²) in [4.78, 5) is 14.2. The zero-order chi connectivity index (χ0) is 13.5. The zero-order valence-electron chi connectivity index (χ0n) is 11.7. The quantitative estimate of drug-likeness (QED) is 0.707. The minimum atomic E-state index is 0.242. The summed E-state index contributed by atoms with van der Waals surface area (Å²) in [6.07, 6.45) is 4.30. The van der Waals surface area contributed by atoms with Crippen molar-refractivity contribution in [1.82, 2.24) is 4.90 Å². The van der Waals surface area contributed by atoms with Crippen molar-refractivity contribution >= 4 is 5.78 Å². The summed E-state index contributed by atoms with van der Waals surface area (Å²) in [5.74, 6) is 0.242. The average molecular weight is 261 g/mol. The van der Waals surface area contributed by atoms with Crippen LogP contribution >= 0.6 is 0 Å². The molecule has 0 saturated carbocycles. The van der Waals surface area contributed by atoms with E-state index in [1.54, 1.807) is 0 Å². The molecule has 1 aliphatic heterocycles. The second-order valence-corrected chi connectivity index (χ2v) is 5.29. The molecule has 0 aromatic heterocycles. The fourth-order valence-electron chi connectivity index (χ4n) is 2.51. The van der Waals surface area contributed by atoms with E-state index in [4.69, 9.17) is 4.74 Å². The highest BCUT2D eigenvalue weighted by Gasteiger charge is 2.17. The summed E-state index contributed by atoms with van der Waals surface area (Å²) in [5.41, 5.74) is 0.823. The van der Waals surface area contributed by atoms with Gasteiger partial charge in [0.25, 0.3) is 0 Å². The number of hydrogen-bond acceptors (Lipinski definition) is 3. The van der Waals surface area contributed by atoms with Crippen molar-refractivity contribution in [3.05, 3.63) is 35.9 Å². The van der Waals surface area contributed by atoms with Crippen LogP contribution in [0.15, 0.2) is 30.3 Å². The van der Waals surface area contributed by atoms with Crippen LogP contribution in [0.2, 0.25) is 0 Å². The van der Waals surface area contributed by atoms with Crippen LogP contribution in [0, 0.1) is 0 Å². The van der Waals surface area contributed by atoms with Crippen LogP contribution in [0.25, 0.3) is 0 Å². The summed E-state index contributed by atoms with van der Waals surface area (Å²) in [6, 6.07) is 9.54. The monoisotopic (exact) mass is 261 g/mol. The standard InChI is InChI=1S/C16H23NO2/c1-17(13-15-9-6-12-19-15)11-5-10-16(18)14-7-3-2-4-8-14/h2-4,7-8,15H,5-6,9-13H2,1H3. The van der Waals surface area contributed by atoms with Crippen LogP contribution in [-0.2, 0) is 4.74 Å². The van der Waals surface area contributed by atoms with Crippen molar-refractivity contribution in [3.63, 3.8) is 0 Å². The molecule has 3 heteroatoms. The SMILES string of the molecule is CN(CCCC(=O)c1ccccc1)CC1CCCO1. The van der Waals surface area contributed by atoms with Crippen molar-refractivity contribution in [2.45, 2.75) is 31.8 Å². The fraction of sp³-hybridized carbons (Fsp3) is 0.562. The lowest BCUT2D eigenvalue weighted by Gasteiger charge is -2.20. The van der Waals surface area contributed by atoms with Gasteiger partial charge in [-0.1, -0.05) is 30.3 Å². The smallest absolute Gasteiger partial charge is 0.162 e. The minimum Gasteiger partial charge on any atom is -0.377 e. The maximum atomic E-state index is 11.9. The van der Waals surface area contributed by atoms with Crippen LogP contribution in [-0.4, -0.2) is 43.5 Å². The molecule has 0 amide bonds. The Morgan fingerprint density at radius 3 is 2.84 bits per heavy atom. The minimum absolute atomic E-state index is 0.242. The molecule has 0 bridgehead atoms. The van der Waals surface area contributed by atoms with E-state index >= 15 is 0 Å². The summed E-state index contributed by atoms with van der Waals surface area (Å²) in [5, 5.41) is 0. The molecule has 2 rings (SSSR count). The van der Waals surface area contributed by atoms with E-state index in [0.717, 1.165) is 31.7 Å². The molecule has 3 nitrogen and oxygen atoms in total. The Balaban J connectivity index is 1.64. The summed E-state index contributed by atoms with van der Waals surface area (Å²) < 4.78 is 5.61. The van der Waals surface area contributed by atoms with Gasteiger partial charge in [-0.15, -0.1) is 0 Å². The van der Waals surface area contributed by atoms with E-state index < -0.39 is 0 Å². The number of carbonyl (C=O) groups excluding carboxylic acids is 1. The van der Waals surface area contributed by atoms with Gasteiger partial charge in [-0.3, -0.25) is 4.79 Å². The highest BCUT2D eigenvalue weighted by atomic mass is 16.5. The van der Waals surface area contributed by atoms with Crippen molar-refractivity contribution < 1.29 is 9.53 Å². The van der Waals surface area contributed by atoms with Gasteiger partial charge in [-0.05, 0) is 32.9 Å². The highest BCUT2D eigenvalue weighted by Crippen LogP contribution is 2.13. The van der Waals surface area contributed by atoms with Crippen LogP contribution < -0.4 is 0 Å². The maximum Gasteiger partial charge on any atom is 0.162 e. The number of ether oxygens (including phenoxy) is 1. The van der Waals surface area contributed by atoms with Gasteiger partial charge in [0, 0.05) is 25.1 Å². The lowest BCUT2D eigenvalue weighted by Crippen LogP contribution is -2.29. The summed E-state index contributed by atoms with van der Waals surface area (Å²) in [6.45, 7) is 2.85. The molecule has 104 valence electrons. The summed E-state index contributed by atoms with van der Waals surface area (Å²) in [7, 11) is 2.11. The van der Waals surface area contributed by atoms with Gasteiger partial charge in [0.05, 0.1) is 6.10 Å². The van der Waals surface area contributed by atoms with Gasteiger partial charge in [0.2, 0.25) is 0 Å². The number of ketones is 1. The zero-order valence-corrected chi connectivity index (χ0v) is 11.7. The van der Waals surface area contributed by atoms with Crippen molar-refractivity contribution in [1.29, 1.82) is 0 Å². The molecule has 1 saturated heterocycles. The van der Waals surface area contributed by atoms with Gasteiger partial charge < -0.3 is 9.64 Å². The number of hydrogen-bond donors (Lipinski definition) is 0. The Morgan fingerprint density at radius 2 is 2.16 bits per heavy atom. The lowest BCUT2D eigenvalue weighted by atomic mass is 10.1. The van der Waals surface area contributed by atoms with Gasteiger partial charge in [0.1, 0.15) is 0 Å². The normalized spacial score (nSPS) is 18.9. The lowest BCUT2D eigenvalue weighted by molar-refractivity contribution is 0.0800. The van der Waals surface area contributed by atoms with Crippen LogP contribution in [0.3, 0.4) is 0 Å². The number of carbonyl (C=O) groups is 1. The van der Waals surface area contributed by atoms with Gasteiger partial charge >= 0.3 is 0 Å². The maximum absolute atomic E-state index is 11.9. The van der Waals surface area contributed by atoms with Gasteiger partial charge in [-0.25, -0.2) is 0 Å². The highest BCUT2D eigenvalue weighted by molar-refractivity contribution is 5.95. The molecule has 1 fully saturated rings. The topological polar surface area (TPSA) is 29.5 Å². The Bertz CT molecular complexity index is 385. The Morgan fingerprint density at radius 1 is 1.37 bits per heavy atom. The molecule has 1 unspecified atom stereocenters. The van der Waals surface area contributed by atoms with E-state index in [1.165, 1.54) is 12.8 Å². The van der Waals surface area contributed by atoms with E-state index in [1.807, 2.05) is 30.3 Å². The third-order valence-electron chi connectivity index (χ3n) is 3.58. The summed E-state index contributed by atoms with van der Waals surface area (Å²) >= 11 is 0. The molecule has 19 heavy (non-hydrogen) atoms. The van der Waals surface area contributed by atoms with Crippen LogP contribution in [0.4, 0.5) is 0 Å². The first-order valence-electron chi connectivity index (χ1n) is 7.14. The predicted octanol–water partition coefficient (Wildman–Crippen LogP) is 2.76. The second kappa shape index (κ2) is 7.41. The van der Waals surface area contributed by atoms with E-state index in [0.29, 0.717) is 12.5 Å². The molecule has 1 aromatic carbocycles. The third-order valence-corrected chi connectivity index (χ3v) is 3.58. The van der Waals surface area contributed by atoms with Crippen molar-refractivity contribution in [3.8, 4) is 0 Å². The molecule has 1 aliphatic rings. The fourth-order valence-corrected chi connectivity index (χ4v) is 2.51. The Kier molecular flexibility index (Phi) is 5.55.